The summed E-state index contributed by atoms with van der Waals surface area (Å²) in [5.41, 5.74) is 2.50. The molecule has 0 unspecified atom stereocenters. The van der Waals surface area contributed by atoms with E-state index in [9.17, 15) is 14.4 Å². The van der Waals surface area contributed by atoms with Gasteiger partial charge in [0.1, 0.15) is 0 Å². The molecule has 3 amide bonds. The second-order valence-electron chi connectivity index (χ2n) is 6.51. The van der Waals surface area contributed by atoms with Crippen molar-refractivity contribution in [2.75, 3.05) is 37.8 Å². The van der Waals surface area contributed by atoms with Crippen molar-refractivity contribution < 1.29 is 14.4 Å². The molecule has 148 valence electrons. The number of benzene rings is 2. The van der Waals surface area contributed by atoms with Gasteiger partial charge in [-0.2, -0.15) is 0 Å². The quantitative estimate of drug-likeness (QED) is 0.654. The zero-order chi connectivity index (χ0) is 20.5. The lowest BCUT2D eigenvalue weighted by atomic mass is 10.2. The van der Waals surface area contributed by atoms with Gasteiger partial charge in [0.25, 0.3) is 11.8 Å². The topological polar surface area (TPSA) is 90.5 Å². The van der Waals surface area contributed by atoms with E-state index in [-0.39, 0.29) is 24.3 Å². The molecule has 0 aromatic heterocycles. The van der Waals surface area contributed by atoms with Gasteiger partial charge in [-0.25, -0.2) is 0 Å². The lowest BCUT2D eigenvalue weighted by Crippen LogP contribution is -2.24. The summed E-state index contributed by atoms with van der Waals surface area (Å²) in [6, 6.07) is 13.7. The van der Waals surface area contributed by atoms with Crippen molar-refractivity contribution in [3.05, 3.63) is 59.7 Å². The first-order valence-corrected chi connectivity index (χ1v) is 9.14. The predicted octanol–water partition coefficient (Wildman–Crippen LogP) is 2.58. The van der Waals surface area contributed by atoms with Crippen LogP contribution in [0.1, 0.15) is 34.1 Å². The molecule has 0 saturated carbocycles. The maximum atomic E-state index is 12.1. The van der Waals surface area contributed by atoms with Gasteiger partial charge in [0.2, 0.25) is 5.91 Å². The molecular formula is C21H26N4O3. The van der Waals surface area contributed by atoms with E-state index in [2.05, 4.69) is 16.0 Å². The normalized spacial score (nSPS) is 10.1. The van der Waals surface area contributed by atoms with Crippen molar-refractivity contribution >= 4 is 29.1 Å². The lowest BCUT2D eigenvalue weighted by Gasteiger charge is -2.11. The first kappa shape index (κ1) is 21.0. The predicted molar refractivity (Wildman–Crippen MR) is 111 cm³/mol. The van der Waals surface area contributed by atoms with Crippen LogP contribution in [0.4, 0.5) is 11.4 Å². The van der Waals surface area contributed by atoms with Crippen molar-refractivity contribution in [1.29, 1.82) is 0 Å². The number of anilines is 2. The maximum absolute atomic E-state index is 12.1. The summed E-state index contributed by atoms with van der Waals surface area (Å²) in [7, 11) is 3.39. The van der Waals surface area contributed by atoms with Gasteiger partial charge in [-0.3, -0.25) is 14.4 Å². The zero-order valence-electron chi connectivity index (χ0n) is 16.4. The van der Waals surface area contributed by atoms with Crippen LogP contribution in [-0.4, -0.2) is 49.8 Å². The Morgan fingerprint density at radius 3 is 2.00 bits per heavy atom. The molecule has 7 heteroatoms. The Balaban J connectivity index is 1.84. The van der Waals surface area contributed by atoms with Crippen molar-refractivity contribution in [2.24, 2.45) is 0 Å². The molecule has 2 aromatic rings. The minimum Gasteiger partial charge on any atom is -0.376 e. The number of nitrogens with one attached hydrogen (secondary N) is 3. The molecule has 2 rings (SSSR count). The molecule has 28 heavy (non-hydrogen) atoms. The van der Waals surface area contributed by atoms with Crippen LogP contribution in [0.2, 0.25) is 0 Å². The third-order valence-corrected chi connectivity index (χ3v) is 3.96. The van der Waals surface area contributed by atoms with Crippen LogP contribution in [0, 0.1) is 0 Å². The molecule has 0 heterocycles. The van der Waals surface area contributed by atoms with Gasteiger partial charge in [0.05, 0.1) is 6.54 Å². The highest BCUT2D eigenvalue weighted by Crippen LogP contribution is 2.12. The summed E-state index contributed by atoms with van der Waals surface area (Å²) >= 11 is 0. The Morgan fingerprint density at radius 2 is 1.43 bits per heavy atom. The van der Waals surface area contributed by atoms with E-state index >= 15 is 0 Å². The number of carbonyl (C=O) groups excluding carboxylic acids is 3. The standard InChI is InChI=1S/C21H26N4O3/c1-4-13-22-20(27)15-5-11-18(12-6-15)24-19(26)14-23-17-9-7-16(8-10-17)21(28)25(2)3/h5-12,23H,4,13-14H2,1-3H3,(H,22,27)(H,24,26). The van der Waals surface area contributed by atoms with E-state index in [0.717, 1.165) is 12.1 Å². The van der Waals surface area contributed by atoms with Crippen molar-refractivity contribution in [2.45, 2.75) is 13.3 Å². The van der Waals surface area contributed by atoms with Crippen molar-refractivity contribution in [1.82, 2.24) is 10.2 Å². The minimum atomic E-state index is -0.211. The molecule has 7 nitrogen and oxygen atoms in total. The van der Waals surface area contributed by atoms with E-state index in [4.69, 9.17) is 0 Å². The molecular weight excluding hydrogens is 356 g/mol. The van der Waals surface area contributed by atoms with E-state index < -0.39 is 0 Å². The van der Waals surface area contributed by atoms with Crippen LogP contribution in [-0.2, 0) is 4.79 Å². The van der Waals surface area contributed by atoms with Gasteiger partial charge in [0.15, 0.2) is 0 Å². The van der Waals surface area contributed by atoms with Crippen LogP contribution in [0.5, 0.6) is 0 Å². The summed E-state index contributed by atoms with van der Waals surface area (Å²) in [5.74, 6) is -0.412. The number of hydrogen-bond acceptors (Lipinski definition) is 4. The Labute approximate surface area is 165 Å². The summed E-state index contributed by atoms with van der Waals surface area (Å²) in [4.78, 5) is 37.3. The average molecular weight is 382 g/mol. The number of hydrogen-bond donors (Lipinski definition) is 3. The molecule has 2 aromatic carbocycles. The SMILES string of the molecule is CCCNC(=O)c1ccc(NC(=O)CNc2ccc(C(=O)N(C)C)cc2)cc1. The van der Waals surface area contributed by atoms with Crippen LogP contribution in [0.15, 0.2) is 48.5 Å². The van der Waals surface area contributed by atoms with Gasteiger partial charge in [0, 0.05) is 43.1 Å². The molecule has 0 bridgehead atoms. The van der Waals surface area contributed by atoms with Crippen LogP contribution >= 0.6 is 0 Å². The smallest absolute Gasteiger partial charge is 0.253 e. The maximum Gasteiger partial charge on any atom is 0.253 e. The fourth-order valence-electron chi connectivity index (χ4n) is 2.42. The highest BCUT2D eigenvalue weighted by molar-refractivity contribution is 5.97. The summed E-state index contributed by atoms with van der Waals surface area (Å²) < 4.78 is 0. The van der Waals surface area contributed by atoms with Crippen LogP contribution < -0.4 is 16.0 Å². The molecule has 0 spiro atoms. The zero-order valence-corrected chi connectivity index (χ0v) is 16.4. The number of carbonyl (C=O) groups is 3. The van der Waals surface area contributed by atoms with Gasteiger partial charge in [-0.15, -0.1) is 0 Å². The van der Waals surface area contributed by atoms with E-state index in [1.54, 1.807) is 62.6 Å². The summed E-state index contributed by atoms with van der Waals surface area (Å²) in [6.07, 6.45) is 0.877. The van der Waals surface area contributed by atoms with Gasteiger partial charge >= 0.3 is 0 Å². The first-order valence-electron chi connectivity index (χ1n) is 9.14. The Hall–Kier alpha value is -3.35. The van der Waals surface area contributed by atoms with Crippen LogP contribution in [0.3, 0.4) is 0 Å². The lowest BCUT2D eigenvalue weighted by molar-refractivity contribution is -0.114. The van der Waals surface area contributed by atoms with Crippen molar-refractivity contribution in [3.63, 3.8) is 0 Å². The Kier molecular flexibility index (Phi) is 7.56. The molecule has 0 aliphatic heterocycles. The monoisotopic (exact) mass is 382 g/mol. The molecule has 0 aliphatic carbocycles. The largest absolute Gasteiger partial charge is 0.376 e. The number of nitrogens with zero attached hydrogens (tertiary/aromatic N) is 1. The van der Waals surface area contributed by atoms with Gasteiger partial charge in [-0.05, 0) is 55.0 Å². The third kappa shape index (κ3) is 6.12. The summed E-state index contributed by atoms with van der Waals surface area (Å²) in [6.45, 7) is 2.71. The van der Waals surface area contributed by atoms with Crippen molar-refractivity contribution in [3.8, 4) is 0 Å². The molecule has 0 aliphatic rings. The van der Waals surface area contributed by atoms with Gasteiger partial charge < -0.3 is 20.9 Å². The highest BCUT2D eigenvalue weighted by atomic mass is 16.2. The molecule has 0 atom stereocenters. The second-order valence-corrected chi connectivity index (χ2v) is 6.51. The molecule has 0 saturated heterocycles. The Morgan fingerprint density at radius 1 is 0.857 bits per heavy atom. The molecule has 0 fully saturated rings. The van der Waals surface area contributed by atoms with E-state index in [0.29, 0.717) is 23.4 Å². The number of rotatable bonds is 8. The fraction of sp³-hybridized carbons (Fsp3) is 0.286. The minimum absolute atomic E-state index is 0.0730. The summed E-state index contributed by atoms with van der Waals surface area (Å²) in [5, 5.41) is 8.59. The van der Waals surface area contributed by atoms with Crippen LogP contribution in [0.25, 0.3) is 0 Å². The van der Waals surface area contributed by atoms with E-state index in [1.165, 1.54) is 4.90 Å². The van der Waals surface area contributed by atoms with Gasteiger partial charge in [-0.1, -0.05) is 6.92 Å². The molecule has 3 N–H and O–H groups in total. The van der Waals surface area contributed by atoms with E-state index in [1.807, 2.05) is 6.92 Å². The third-order valence-electron chi connectivity index (χ3n) is 3.96. The fourth-order valence-corrected chi connectivity index (χ4v) is 2.42. The Bertz CT molecular complexity index is 815. The first-order chi connectivity index (χ1) is 13.4. The molecule has 0 radical (unpaired) electrons. The second kappa shape index (κ2) is 10.1. The highest BCUT2D eigenvalue weighted by Gasteiger charge is 2.08. The number of amides is 3. The average Bonchev–Trinajstić information content (AvgIpc) is 2.70.